The highest BCUT2D eigenvalue weighted by Crippen LogP contribution is 2.19. The van der Waals surface area contributed by atoms with Crippen LogP contribution in [0.1, 0.15) is 31.0 Å². The quantitative estimate of drug-likeness (QED) is 0.557. The fourth-order valence-corrected chi connectivity index (χ4v) is 2.63. The maximum absolute atomic E-state index is 6.03. The van der Waals surface area contributed by atoms with Gasteiger partial charge in [-0.15, -0.1) is 0 Å². The molecule has 1 aromatic heterocycles. The highest BCUT2D eigenvalue weighted by Gasteiger charge is 2.03. The Hall–Kier alpha value is -2.88. The standard InChI is InChI=1S/C20H22N4/c1-14(2)16-7-5-8-17(12-16)24-20(21)23-13-19-18-9-4-3-6-15(18)10-11-22-19/h3-12,14H,13H2,1-2H3,(H3,21,23,24). The molecule has 4 heteroatoms. The van der Waals surface area contributed by atoms with E-state index in [2.05, 4.69) is 53.4 Å². The van der Waals surface area contributed by atoms with Crippen molar-refractivity contribution in [3.63, 3.8) is 0 Å². The monoisotopic (exact) mass is 318 g/mol. The van der Waals surface area contributed by atoms with Gasteiger partial charge >= 0.3 is 0 Å². The van der Waals surface area contributed by atoms with Gasteiger partial charge in [0.05, 0.1) is 12.2 Å². The van der Waals surface area contributed by atoms with Crippen molar-refractivity contribution in [3.05, 3.63) is 72.1 Å². The third-order valence-corrected chi connectivity index (χ3v) is 3.98. The lowest BCUT2D eigenvalue weighted by atomic mass is 10.0. The fraction of sp³-hybridized carbons (Fsp3) is 0.200. The van der Waals surface area contributed by atoms with Crippen molar-refractivity contribution < 1.29 is 0 Å². The molecule has 1 heterocycles. The van der Waals surface area contributed by atoms with Crippen molar-refractivity contribution in [3.8, 4) is 0 Å². The Morgan fingerprint density at radius 3 is 2.79 bits per heavy atom. The van der Waals surface area contributed by atoms with E-state index >= 15 is 0 Å². The lowest BCUT2D eigenvalue weighted by Gasteiger charge is -2.10. The van der Waals surface area contributed by atoms with E-state index < -0.39 is 0 Å². The average Bonchev–Trinajstić information content (AvgIpc) is 2.60. The van der Waals surface area contributed by atoms with Crippen LogP contribution in [0.25, 0.3) is 10.8 Å². The smallest absolute Gasteiger partial charge is 0.193 e. The van der Waals surface area contributed by atoms with Crippen molar-refractivity contribution in [2.75, 3.05) is 5.32 Å². The number of nitrogens with one attached hydrogen (secondary N) is 1. The van der Waals surface area contributed by atoms with Gasteiger partial charge in [-0.3, -0.25) is 4.98 Å². The third kappa shape index (κ3) is 3.71. The molecule has 0 aliphatic rings. The molecule has 2 aromatic carbocycles. The van der Waals surface area contributed by atoms with Crippen LogP contribution in [-0.2, 0) is 6.54 Å². The predicted octanol–water partition coefficient (Wildman–Crippen LogP) is 4.29. The van der Waals surface area contributed by atoms with E-state index in [1.54, 1.807) is 0 Å². The minimum atomic E-state index is 0.394. The van der Waals surface area contributed by atoms with Crippen LogP contribution >= 0.6 is 0 Å². The minimum absolute atomic E-state index is 0.394. The molecule has 3 N–H and O–H groups in total. The molecule has 3 rings (SSSR count). The van der Waals surface area contributed by atoms with Gasteiger partial charge in [0, 0.05) is 17.3 Å². The van der Waals surface area contributed by atoms with Crippen molar-refractivity contribution in [1.82, 2.24) is 4.98 Å². The molecule has 3 aromatic rings. The molecule has 4 nitrogen and oxygen atoms in total. The maximum Gasteiger partial charge on any atom is 0.193 e. The number of aromatic nitrogens is 1. The summed E-state index contributed by atoms with van der Waals surface area (Å²) in [5.41, 5.74) is 9.18. The predicted molar refractivity (Wildman–Crippen MR) is 101 cm³/mol. The Morgan fingerprint density at radius 1 is 1.12 bits per heavy atom. The first-order valence-electron chi connectivity index (χ1n) is 8.13. The molecule has 0 aliphatic heterocycles. The van der Waals surface area contributed by atoms with Crippen LogP contribution in [0, 0.1) is 0 Å². The molecule has 24 heavy (non-hydrogen) atoms. The molecule has 0 bridgehead atoms. The van der Waals surface area contributed by atoms with Gasteiger partial charge in [0.2, 0.25) is 0 Å². The van der Waals surface area contributed by atoms with Crippen LogP contribution in [0.4, 0.5) is 5.69 Å². The van der Waals surface area contributed by atoms with Gasteiger partial charge in [-0.05, 0) is 35.1 Å². The largest absolute Gasteiger partial charge is 0.370 e. The van der Waals surface area contributed by atoms with Crippen molar-refractivity contribution in [1.29, 1.82) is 0 Å². The van der Waals surface area contributed by atoms with Gasteiger partial charge in [0.1, 0.15) is 0 Å². The second-order valence-electron chi connectivity index (χ2n) is 6.09. The van der Waals surface area contributed by atoms with Crippen LogP contribution in [-0.4, -0.2) is 10.9 Å². The topological polar surface area (TPSA) is 63.3 Å². The number of benzene rings is 2. The second-order valence-corrected chi connectivity index (χ2v) is 6.09. The van der Waals surface area contributed by atoms with Gasteiger partial charge in [-0.25, -0.2) is 4.99 Å². The van der Waals surface area contributed by atoms with E-state index in [9.17, 15) is 0 Å². The van der Waals surface area contributed by atoms with Gasteiger partial charge in [0.25, 0.3) is 0 Å². The number of fused-ring (bicyclic) bond motifs is 1. The number of rotatable bonds is 4. The first-order chi connectivity index (χ1) is 11.6. The lowest BCUT2D eigenvalue weighted by molar-refractivity contribution is 0.867. The number of aliphatic imine (C=N–C) groups is 1. The molecule has 0 saturated carbocycles. The summed E-state index contributed by atoms with van der Waals surface area (Å²) in [6.45, 7) is 4.79. The number of hydrogen-bond donors (Lipinski definition) is 2. The van der Waals surface area contributed by atoms with Gasteiger partial charge < -0.3 is 11.1 Å². The molecule has 0 radical (unpaired) electrons. The summed E-state index contributed by atoms with van der Waals surface area (Å²) >= 11 is 0. The van der Waals surface area contributed by atoms with Gasteiger partial charge in [0.15, 0.2) is 5.96 Å². The zero-order valence-corrected chi connectivity index (χ0v) is 14.0. The van der Waals surface area contributed by atoms with Crippen LogP contribution in [0.15, 0.2) is 65.8 Å². The second kappa shape index (κ2) is 7.13. The molecular weight excluding hydrogens is 296 g/mol. The van der Waals surface area contributed by atoms with Crippen molar-refractivity contribution in [2.24, 2.45) is 10.7 Å². The molecule has 0 atom stereocenters. The number of nitrogens with two attached hydrogens (primary N) is 1. The van der Waals surface area contributed by atoms with Crippen molar-refractivity contribution in [2.45, 2.75) is 26.3 Å². The van der Waals surface area contributed by atoms with Crippen LogP contribution in [0.2, 0.25) is 0 Å². The number of hydrogen-bond acceptors (Lipinski definition) is 2. The van der Waals surface area contributed by atoms with Crippen molar-refractivity contribution >= 4 is 22.4 Å². The number of nitrogens with zero attached hydrogens (tertiary/aromatic N) is 2. The Bertz CT molecular complexity index is 863. The molecule has 0 amide bonds. The molecule has 0 unspecified atom stereocenters. The van der Waals surface area contributed by atoms with E-state index in [0.29, 0.717) is 18.4 Å². The van der Waals surface area contributed by atoms with Crippen LogP contribution in [0.3, 0.4) is 0 Å². The SMILES string of the molecule is CC(C)c1cccc(NC(N)=NCc2nccc3ccccc23)c1. The van der Waals surface area contributed by atoms with E-state index in [4.69, 9.17) is 5.73 Å². The minimum Gasteiger partial charge on any atom is -0.370 e. The number of guanidine groups is 1. The summed E-state index contributed by atoms with van der Waals surface area (Å²) < 4.78 is 0. The molecule has 0 aliphatic carbocycles. The third-order valence-electron chi connectivity index (χ3n) is 3.98. The Balaban J connectivity index is 1.75. The molecule has 0 saturated heterocycles. The zero-order chi connectivity index (χ0) is 16.9. The highest BCUT2D eigenvalue weighted by atomic mass is 15.1. The molecule has 0 spiro atoms. The molecular formula is C20H22N4. The Labute approximate surface area is 142 Å². The van der Waals surface area contributed by atoms with Crippen LogP contribution < -0.4 is 11.1 Å². The Kier molecular flexibility index (Phi) is 4.75. The zero-order valence-electron chi connectivity index (χ0n) is 14.0. The fourth-order valence-electron chi connectivity index (χ4n) is 2.63. The van der Waals surface area contributed by atoms with Crippen LogP contribution in [0.5, 0.6) is 0 Å². The van der Waals surface area contributed by atoms with E-state index in [0.717, 1.165) is 22.2 Å². The normalized spacial score (nSPS) is 11.9. The van der Waals surface area contributed by atoms with E-state index in [1.807, 2.05) is 36.5 Å². The van der Waals surface area contributed by atoms with E-state index in [1.165, 1.54) is 5.56 Å². The lowest BCUT2D eigenvalue weighted by Crippen LogP contribution is -2.22. The summed E-state index contributed by atoms with van der Waals surface area (Å²) in [6, 6.07) is 18.4. The highest BCUT2D eigenvalue weighted by molar-refractivity contribution is 5.92. The summed E-state index contributed by atoms with van der Waals surface area (Å²) in [7, 11) is 0. The van der Waals surface area contributed by atoms with Gasteiger partial charge in [-0.1, -0.05) is 50.2 Å². The van der Waals surface area contributed by atoms with E-state index in [-0.39, 0.29) is 0 Å². The summed E-state index contributed by atoms with van der Waals surface area (Å²) in [4.78, 5) is 8.87. The maximum atomic E-state index is 6.03. The number of anilines is 1. The summed E-state index contributed by atoms with van der Waals surface area (Å²) in [5.74, 6) is 0.871. The first-order valence-corrected chi connectivity index (χ1v) is 8.13. The molecule has 0 fully saturated rings. The van der Waals surface area contributed by atoms with Gasteiger partial charge in [-0.2, -0.15) is 0 Å². The first kappa shape index (κ1) is 16.0. The molecule has 122 valence electrons. The average molecular weight is 318 g/mol. The summed E-state index contributed by atoms with van der Waals surface area (Å²) in [5, 5.41) is 5.43. The number of pyridine rings is 1. The summed E-state index contributed by atoms with van der Waals surface area (Å²) in [6.07, 6.45) is 1.81. The Morgan fingerprint density at radius 2 is 1.96 bits per heavy atom.